The van der Waals surface area contributed by atoms with Crippen LogP contribution in [0.3, 0.4) is 0 Å². The molecule has 3 rings (SSSR count). The summed E-state index contributed by atoms with van der Waals surface area (Å²) >= 11 is 0. The van der Waals surface area contributed by atoms with Crippen LogP contribution in [0.2, 0.25) is 0 Å². The summed E-state index contributed by atoms with van der Waals surface area (Å²) in [6.07, 6.45) is 4.38. The number of methoxy groups -OCH3 is 1. The summed E-state index contributed by atoms with van der Waals surface area (Å²) in [5, 5.41) is 2.79. The minimum atomic E-state index is -0.548. The molecule has 152 valence electrons. The molecule has 2 amide bonds. The molecule has 0 unspecified atom stereocenters. The molecule has 1 aliphatic heterocycles. The molecule has 1 aliphatic rings. The molecular formula is C23H27N3O3. The monoisotopic (exact) mass is 393 g/mol. The molecule has 0 saturated carbocycles. The summed E-state index contributed by atoms with van der Waals surface area (Å²) in [5.74, 6) is 0.214. The van der Waals surface area contributed by atoms with E-state index in [0.717, 1.165) is 38.2 Å². The minimum absolute atomic E-state index is 0.108. The maximum atomic E-state index is 12.2. The Labute approximate surface area is 171 Å². The molecule has 3 N–H and O–H groups in total. The van der Waals surface area contributed by atoms with Crippen LogP contribution < -0.4 is 15.8 Å². The van der Waals surface area contributed by atoms with E-state index in [1.807, 2.05) is 12.1 Å². The third kappa shape index (κ3) is 5.68. The maximum absolute atomic E-state index is 12.2. The van der Waals surface area contributed by atoms with Crippen molar-refractivity contribution in [1.82, 2.24) is 4.90 Å². The van der Waals surface area contributed by atoms with Crippen LogP contribution in [-0.2, 0) is 4.79 Å². The lowest BCUT2D eigenvalue weighted by atomic mass is 9.99. The summed E-state index contributed by atoms with van der Waals surface area (Å²) in [5.41, 5.74) is 8.68. The van der Waals surface area contributed by atoms with Gasteiger partial charge in [0.2, 0.25) is 5.91 Å². The van der Waals surface area contributed by atoms with E-state index in [-0.39, 0.29) is 5.91 Å². The number of para-hydroxylation sites is 1. The van der Waals surface area contributed by atoms with Crippen LogP contribution in [0.15, 0.2) is 54.6 Å². The number of benzene rings is 2. The van der Waals surface area contributed by atoms with Crippen molar-refractivity contribution in [3.05, 3.63) is 65.7 Å². The van der Waals surface area contributed by atoms with Crippen LogP contribution >= 0.6 is 0 Å². The average molecular weight is 393 g/mol. The molecule has 6 heteroatoms. The van der Waals surface area contributed by atoms with Crippen LogP contribution in [0.25, 0.3) is 5.57 Å². The highest BCUT2D eigenvalue weighted by molar-refractivity contribution is 6.02. The van der Waals surface area contributed by atoms with E-state index in [9.17, 15) is 9.59 Å². The van der Waals surface area contributed by atoms with E-state index in [1.54, 1.807) is 31.4 Å². The standard InChI is InChI=1S/C23H27N3O3/c1-29-19-7-4-6-18(16-19)17-11-14-26(15-12-17)13-5-10-22(27)25-21-9-3-2-8-20(21)23(24)28/h2-4,6-9,11,16H,5,10,12-15H2,1H3,(H2,24,28)(H,25,27). The Kier molecular flexibility index (Phi) is 7.03. The predicted octanol–water partition coefficient (Wildman–Crippen LogP) is 3.30. The van der Waals surface area contributed by atoms with Gasteiger partial charge >= 0.3 is 0 Å². The van der Waals surface area contributed by atoms with Gasteiger partial charge in [0.15, 0.2) is 0 Å². The second kappa shape index (κ2) is 9.89. The molecule has 2 aromatic carbocycles. The minimum Gasteiger partial charge on any atom is -0.497 e. The summed E-state index contributed by atoms with van der Waals surface area (Å²) in [4.78, 5) is 26.0. The first-order valence-corrected chi connectivity index (χ1v) is 9.81. The van der Waals surface area contributed by atoms with Gasteiger partial charge in [-0.3, -0.25) is 14.5 Å². The molecule has 0 saturated heterocycles. The smallest absolute Gasteiger partial charge is 0.250 e. The predicted molar refractivity (Wildman–Crippen MR) is 115 cm³/mol. The third-order valence-corrected chi connectivity index (χ3v) is 5.08. The lowest BCUT2D eigenvalue weighted by Gasteiger charge is -2.26. The van der Waals surface area contributed by atoms with Crippen molar-refractivity contribution in [2.45, 2.75) is 19.3 Å². The fourth-order valence-electron chi connectivity index (χ4n) is 3.48. The molecular weight excluding hydrogens is 366 g/mol. The van der Waals surface area contributed by atoms with Gasteiger partial charge < -0.3 is 15.8 Å². The van der Waals surface area contributed by atoms with Crippen molar-refractivity contribution >= 4 is 23.1 Å². The lowest BCUT2D eigenvalue weighted by molar-refractivity contribution is -0.116. The van der Waals surface area contributed by atoms with Crippen molar-refractivity contribution in [3.63, 3.8) is 0 Å². The zero-order valence-corrected chi connectivity index (χ0v) is 16.7. The molecule has 6 nitrogen and oxygen atoms in total. The van der Waals surface area contributed by atoms with Crippen molar-refractivity contribution in [3.8, 4) is 5.75 Å². The number of hydrogen-bond acceptors (Lipinski definition) is 4. The first-order valence-electron chi connectivity index (χ1n) is 9.81. The number of nitrogens with zero attached hydrogens (tertiary/aromatic N) is 1. The Morgan fingerprint density at radius 2 is 2.00 bits per heavy atom. The van der Waals surface area contributed by atoms with Gasteiger partial charge in [-0.2, -0.15) is 0 Å². The third-order valence-electron chi connectivity index (χ3n) is 5.08. The highest BCUT2D eigenvalue weighted by atomic mass is 16.5. The number of rotatable bonds is 8. The van der Waals surface area contributed by atoms with Gasteiger partial charge in [0.05, 0.1) is 18.4 Å². The van der Waals surface area contributed by atoms with Gasteiger partial charge in [-0.1, -0.05) is 30.3 Å². The fraction of sp³-hybridized carbons (Fsp3) is 0.304. The van der Waals surface area contributed by atoms with Gasteiger partial charge in [-0.15, -0.1) is 0 Å². The van der Waals surface area contributed by atoms with E-state index < -0.39 is 5.91 Å². The number of nitrogens with two attached hydrogens (primary N) is 1. The molecule has 0 aliphatic carbocycles. The number of carbonyl (C=O) groups excluding carboxylic acids is 2. The van der Waals surface area contributed by atoms with E-state index in [0.29, 0.717) is 17.7 Å². The topological polar surface area (TPSA) is 84.7 Å². The molecule has 0 radical (unpaired) electrons. The van der Waals surface area contributed by atoms with Crippen molar-refractivity contribution < 1.29 is 14.3 Å². The van der Waals surface area contributed by atoms with Gasteiger partial charge in [0.1, 0.15) is 5.75 Å². The van der Waals surface area contributed by atoms with Gasteiger partial charge in [-0.25, -0.2) is 0 Å². The summed E-state index contributed by atoms with van der Waals surface area (Å²) in [6.45, 7) is 2.70. The quantitative estimate of drug-likeness (QED) is 0.721. The Morgan fingerprint density at radius 1 is 1.17 bits per heavy atom. The van der Waals surface area contributed by atoms with Gasteiger partial charge in [0.25, 0.3) is 5.91 Å². The van der Waals surface area contributed by atoms with Crippen molar-refractivity contribution in [2.24, 2.45) is 5.73 Å². The van der Waals surface area contributed by atoms with Crippen molar-refractivity contribution in [2.75, 3.05) is 32.1 Å². The van der Waals surface area contributed by atoms with E-state index in [4.69, 9.17) is 10.5 Å². The number of carbonyl (C=O) groups is 2. The molecule has 0 fully saturated rings. The number of hydrogen-bond donors (Lipinski definition) is 2. The summed E-state index contributed by atoms with van der Waals surface area (Å²) in [7, 11) is 1.68. The second-order valence-electron chi connectivity index (χ2n) is 7.07. The largest absolute Gasteiger partial charge is 0.497 e. The molecule has 0 bridgehead atoms. The van der Waals surface area contributed by atoms with Crippen LogP contribution in [-0.4, -0.2) is 43.5 Å². The zero-order valence-electron chi connectivity index (χ0n) is 16.7. The van der Waals surface area contributed by atoms with Gasteiger partial charge in [0, 0.05) is 19.5 Å². The number of nitrogens with one attached hydrogen (secondary N) is 1. The Morgan fingerprint density at radius 3 is 2.72 bits per heavy atom. The molecule has 1 heterocycles. The molecule has 0 spiro atoms. The van der Waals surface area contributed by atoms with Gasteiger partial charge in [-0.05, 0) is 54.8 Å². The normalized spacial score (nSPS) is 14.2. The van der Waals surface area contributed by atoms with Crippen LogP contribution in [0.1, 0.15) is 35.2 Å². The Bertz CT molecular complexity index is 908. The summed E-state index contributed by atoms with van der Waals surface area (Å²) in [6, 6.07) is 14.9. The maximum Gasteiger partial charge on any atom is 0.250 e. The van der Waals surface area contributed by atoms with E-state index >= 15 is 0 Å². The van der Waals surface area contributed by atoms with E-state index in [1.165, 1.54) is 11.1 Å². The SMILES string of the molecule is COc1cccc(C2=CCN(CCCC(=O)Nc3ccccc3C(N)=O)CC2)c1. The number of primary amides is 1. The molecule has 0 aromatic heterocycles. The highest BCUT2D eigenvalue weighted by Crippen LogP contribution is 2.25. The Balaban J connectivity index is 1.45. The van der Waals surface area contributed by atoms with E-state index in [2.05, 4.69) is 28.4 Å². The second-order valence-corrected chi connectivity index (χ2v) is 7.07. The molecule has 2 aromatic rings. The first kappa shape index (κ1) is 20.6. The summed E-state index contributed by atoms with van der Waals surface area (Å²) < 4.78 is 5.30. The van der Waals surface area contributed by atoms with Crippen molar-refractivity contribution in [1.29, 1.82) is 0 Å². The Hall–Kier alpha value is -3.12. The first-order chi connectivity index (χ1) is 14.1. The zero-order chi connectivity index (χ0) is 20.6. The van der Waals surface area contributed by atoms with Crippen LogP contribution in [0.4, 0.5) is 5.69 Å². The number of ether oxygens (including phenoxy) is 1. The van der Waals surface area contributed by atoms with Crippen LogP contribution in [0.5, 0.6) is 5.75 Å². The molecule has 29 heavy (non-hydrogen) atoms. The average Bonchev–Trinajstić information content (AvgIpc) is 2.74. The fourth-order valence-corrected chi connectivity index (χ4v) is 3.48. The number of anilines is 1. The highest BCUT2D eigenvalue weighted by Gasteiger charge is 2.14. The van der Waals surface area contributed by atoms with Crippen LogP contribution in [0, 0.1) is 0 Å². The lowest BCUT2D eigenvalue weighted by Crippen LogP contribution is -2.30. The number of amides is 2. The molecule has 0 atom stereocenters.